The maximum absolute atomic E-state index is 11.4. The molecule has 0 fully saturated rings. The van der Waals surface area contributed by atoms with Crippen molar-refractivity contribution < 1.29 is 9.53 Å². The van der Waals surface area contributed by atoms with Crippen LogP contribution in [0, 0.1) is 0 Å². The van der Waals surface area contributed by atoms with E-state index < -0.39 is 5.97 Å². The van der Waals surface area contributed by atoms with Gasteiger partial charge in [0.15, 0.2) is 0 Å². The average Bonchev–Trinajstić information content (AvgIpc) is 2.20. The fourth-order valence-corrected chi connectivity index (χ4v) is 1.73. The number of H-pyrrole nitrogens is 1. The Hall–Kier alpha value is -1.69. The van der Waals surface area contributed by atoms with E-state index in [4.69, 9.17) is 4.74 Å². The minimum Gasteiger partial charge on any atom is -0.425 e. The molecule has 0 radical (unpaired) electrons. The van der Waals surface area contributed by atoms with Gasteiger partial charge < -0.3 is 9.72 Å². The Kier molecular flexibility index (Phi) is 2.74. The van der Waals surface area contributed by atoms with Crippen molar-refractivity contribution in [2.45, 2.75) is 6.92 Å². The molecule has 2 rings (SSSR count). The second kappa shape index (κ2) is 4.05. The van der Waals surface area contributed by atoms with Crippen LogP contribution in [0.4, 0.5) is 0 Å². The number of benzene rings is 1. The third-order valence-electron chi connectivity index (χ3n) is 1.95. The molecule has 82 valence electrons. The monoisotopic (exact) mass is 282 g/mol. The Balaban J connectivity index is 2.67. The number of esters is 1. The summed E-state index contributed by atoms with van der Waals surface area (Å²) in [6.07, 6.45) is 1.30. The Morgan fingerprint density at radius 2 is 2.25 bits per heavy atom. The normalized spacial score (nSPS) is 10.4. The van der Waals surface area contributed by atoms with Crippen LogP contribution in [0.2, 0.25) is 0 Å². The number of hydrogen-bond acceptors (Lipinski definition) is 4. The molecule has 0 unspecified atom stereocenters. The molecule has 0 saturated heterocycles. The van der Waals surface area contributed by atoms with E-state index in [1.165, 1.54) is 19.3 Å². The molecule has 1 heterocycles. The van der Waals surface area contributed by atoms with Gasteiger partial charge in [0.05, 0.1) is 21.7 Å². The van der Waals surface area contributed by atoms with E-state index in [1.807, 2.05) is 0 Å². The molecule has 1 aromatic heterocycles. The topological polar surface area (TPSA) is 72.0 Å². The number of carbonyl (C=O) groups excluding carboxylic acids is 1. The average molecular weight is 283 g/mol. The summed E-state index contributed by atoms with van der Waals surface area (Å²) in [5.41, 5.74) is 0.239. The number of hydrogen-bond donors (Lipinski definition) is 1. The summed E-state index contributed by atoms with van der Waals surface area (Å²) in [5, 5.41) is 0.435. The van der Waals surface area contributed by atoms with Gasteiger partial charge in [0.2, 0.25) is 0 Å². The van der Waals surface area contributed by atoms with Gasteiger partial charge in [-0.25, -0.2) is 4.98 Å². The molecule has 1 N–H and O–H groups in total. The Morgan fingerprint density at radius 1 is 1.50 bits per heavy atom. The maximum Gasteiger partial charge on any atom is 0.308 e. The first kappa shape index (κ1) is 10.8. The van der Waals surface area contributed by atoms with E-state index in [2.05, 4.69) is 25.9 Å². The van der Waals surface area contributed by atoms with Crippen molar-refractivity contribution in [3.63, 3.8) is 0 Å². The number of halogens is 1. The van der Waals surface area contributed by atoms with Gasteiger partial charge in [-0.05, 0) is 22.0 Å². The molecular weight excluding hydrogens is 276 g/mol. The first-order valence-corrected chi connectivity index (χ1v) is 5.22. The van der Waals surface area contributed by atoms with E-state index in [-0.39, 0.29) is 5.56 Å². The number of fused-ring (bicyclic) bond motifs is 1. The zero-order valence-electron chi connectivity index (χ0n) is 8.28. The SMILES string of the molecule is CC(=O)Oc1cc2nc[nH]c(=O)c2cc1Br. The van der Waals surface area contributed by atoms with Crippen molar-refractivity contribution in [2.24, 2.45) is 0 Å². The number of nitrogens with one attached hydrogen (secondary N) is 1. The fraction of sp³-hybridized carbons (Fsp3) is 0.100. The van der Waals surface area contributed by atoms with Crippen molar-refractivity contribution in [3.05, 3.63) is 33.3 Å². The van der Waals surface area contributed by atoms with E-state index in [9.17, 15) is 9.59 Å². The minimum absolute atomic E-state index is 0.236. The van der Waals surface area contributed by atoms with Crippen LogP contribution >= 0.6 is 15.9 Å². The number of aromatic nitrogens is 2. The summed E-state index contributed by atoms with van der Waals surface area (Å²) in [7, 11) is 0. The van der Waals surface area contributed by atoms with Crippen LogP contribution in [0.25, 0.3) is 10.9 Å². The van der Waals surface area contributed by atoms with Crippen molar-refractivity contribution in [1.82, 2.24) is 9.97 Å². The van der Waals surface area contributed by atoms with Crippen LogP contribution < -0.4 is 10.3 Å². The quantitative estimate of drug-likeness (QED) is 0.637. The zero-order chi connectivity index (χ0) is 11.7. The molecule has 5 nitrogen and oxygen atoms in total. The molecule has 2 aromatic rings. The van der Waals surface area contributed by atoms with Crippen LogP contribution in [0.5, 0.6) is 5.75 Å². The van der Waals surface area contributed by atoms with Crippen molar-refractivity contribution >= 4 is 32.8 Å². The van der Waals surface area contributed by atoms with Gasteiger partial charge in [0.25, 0.3) is 5.56 Å². The third kappa shape index (κ3) is 1.96. The second-order valence-corrected chi connectivity index (χ2v) is 3.98. The molecule has 0 amide bonds. The van der Waals surface area contributed by atoms with Crippen LogP contribution in [-0.2, 0) is 4.79 Å². The Labute approximate surface area is 98.6 Å². The predicted molar refractivity (Wildman–Crippen MR) is 61.4 cm³/mol. The molecule has 0 atom stereocenters. The molecule has 0 bridgehead atoms. The molecule has 16 heavy (non-hydrogen) atoms. The van der Waals surface area contributed by atoms with Gasteiger partial charge in [0.1, 0.15) is 5.75 Å². The minimum atomic E-state index is -0.426. The maximum atomic E-state index is 11.4. The number of nitrogens with zero attached hydrogens (tertiary/aromatic N) is 1. The van der Waals surface area contributed by atoms with Crippen LogP contribution in [0.15, 0.2) is 27.7 Å². The summed E-state index contributed by atoms with van der Waals surface area (Å²) >= 11 is 3.22. The number of rotatable bonds is 1. The zero-order valence-corrected chi connectivity index (χ0v) is 9.87. The molecule has 1 aromatic carbocycles. The molecule has 0 aliphatic heterocycles. The summed E-state index contributed by atoms with van der Waals surface area (Å²) in [6, 6.07) is 3.11. The number of carbonyl (C=O) groups is 1. The predicted octanol–water partition coefficient (Wildman–Crippen LogP) is 1.61. The highest BCUT2D eigenvalue weighted by atomic mass is 79.9. The largest absolute Gasteiger partial charge is 0.425 e. The van der Waals surface area contributed by atoms with Gasteiger partial charge >= 0.3 is 5.97 Å². The molecule has 0 aliphatic rings. The molecule has 0 aliphatic carbocycles. The standard InChI is InChI=1S/C10H7BrN2O3/c1-5(14)16-9-3-8-6(2-7(9)11)10(15)13-4-12-8/h2-4H,1H3,(H,12,13,15). The Morgan fingerprint density at radius 3 is 2.94 bits per heavy atom. The van der Waals surface area contributed by atoms with Gasteiger partial charge in [0, 0.05) is 13.0 Å². The lowest BCUT2D eigenvalue weighted by Crippen LogP contribution is -2.07. The van der Waals surface area contributed by atoms with Crippen LogP contribution in [0.3, 0.4) is 0 Å². The van der Waals surface area contributed by atoms with E-state index >= 15 is 0 Å². The van der Waals surface area contributed by atoms with Crippen molar-refractivity contribution in [2.75, 3.05) is 0 Å². The smallest absolute Gasteiger partial charge is 0.308 e. The lowest BCUT2D eigenvalue weighted by atomic mass is 10.2. The second-order valence-electron chi connectivity index (χ2n) is 3.13. The summed E-state index contributed by atoms with van der Waals surface area (Å²) in [5.74, 6) is -0.0806. The summed E-state index contributed by atoms with van der Waals surface area (Å²) in [6.45, 7) is 1.31. The summed E-state index contributed by atoms with van der Waals surface area (Å²) in [4.78, 5) is 28.7. The first-order valence-electron chi connectivity index (χ1n) is 4.43. The highest BCUT2D eigenvalue weighted by molar-refractivity contribution is 9.10. The van der Waals surface area contributed by atoms with Crippen LogP contribution in [0.1, 0.15) is 6.92 Å². The van der Waals surface area contributed by atoms with Crippen molar-refractivity contribution in [3.8, 4) is 5.75 Å². The van der Waals surface area contributed by atoms with E-state index in [0.29, 0.717) is 21.1 Å². The molecule has 0 saturated carbocycles. The third-order valence-corrected chi connectivity index (χ3v) is 2.57. The Bertz CT molecular complexity index is 621. The highest BCUT2D eigenvalue weighted by Gasteiger charge is 2.08. The van der Waals surface area contributed by atoms with Gasteiger partial charge in [-0.15, -0.1) is 0 Å². The lowest BCUT2D eigenvalue weighted by Gasteiger charge is -2.04. The summed E-state index contributed by atoms with van der Waals surface area (Å²) < 4.78 is 5.49. The van der Waals surface area contributed by atoms with Crippen molar-refractivity contribution in [1.29, 1.82) is 0 Å². The number of aromatic amines is 1. The highest BCUT2D eigenvalue weighted by Crippen LogP contribution is 2.28. The lowest BCUT2D eigenvalue weighted by molar-refractivity contribution is -0.131. The van der Waals surface area contributed by atoms with E-state index in [1.54, 1.807) is 6.07 Å². The van der Waals surface area contributed by atoms with Gasteiger partial charge in [-0.1, -0.05) is 0 Å². The van der Waals surface area contributed by atoms with Crippen LogP contribution in [-0.4, -0.2) is 15.9 Å². The van der Waals surface area contributed by atoms with Gasteiger partial charge in [-0.2, -0.15) is 0 Å². The molecular formula is C10H7BrN2O3. The molecule has 0 spiro atoms. The van der Waals surface area contributed by atoms with E-state index in [0.717, 1.165) is 0 Å². The fourth-order valence-electron chi connectivity index (χ4n) is 1.30. The molecule has 6 heteroatoms. The number of ether oxygens (including phenoxy) is 1. The van der Waals surface area contributed by atoms with Gasteiger partial charge in [-0.3, -0.25) is 9.59 Å². The first-order chi connectivity index (χ1) is 7.58.